The van der Waals surface area contributed by atoms with Crippen LogP contribution in [0.15, 0.2) is 11.6 Å². The summed E-state index contributed by atoms with van der Waals surface area (Å²) in [6.07, 6.45) is -8.02. The standard InChI is InChI=1S/C44H70O15/c1-21(46)55-20-25-31(49)33(51)34(52)36(57-25)58-29-12-13-41(6)26(40(29,4)5)11-14-42(7)27(41)10-9-22-23-17-39(2,3)15-16-44(23,28(47)18-43(22,42)8)38(54)59-37-35(53)32(50)30(48)24(19-45)56-37/h9,23-37,45,47-53H,10-20H2,1-8H3/t23-,24+,25+,26-,27+,28-,29-,30+,31+,32-,33-,34+,35+,36-,37-,41-,42+,43+,44+/m0/s1. The number of allylic oxidation sites excluding steroid dienone is 2. The van der Waals surface area contributed by atoms with E-state index in [2.05, 4.69) is 54.5 Å². The molecule has 0 aromatic carbocycles. The highest BCUT2D eigenvalue weighted by Gasteiger charge is 2.72. The van der Waals surface area contributed by atoms with Crippen LogP contribution in [0.3, 0.4) is 0 Å². The fraction of sp³-hybridized carbons (Fsp3) is 0.909. The maximum atomic E-state index is 14.6. The average molecular weight is 839 g/mol. The molecule has 8 N–H and O–H groups in total. The third kappa shape index (κ3) is 6.95. The summed E-state index contributed by atoms with van der Waals surface area (Å²) in [5.74, 6) is -1.25. The highest BCUT2D eigenvalue weighted by atomic mass is 16.7. The van der Waals surface area contributed by atoms with Crippen LogP contribution in [0.25, 0.3) is 0 Å². The van der Waals surface area contributed by atoms with Crippen LogP contribution < -0.4 is 0 Å². The third-order valence-electron chi connectivity index (χ3n) is 17.5. The van der Waals surface area contributed by atoms with Crippen molar-refractivity contribution in [1.29, 1.82) is 0 Å². The number of hydrogen-bond acceptors (Lipinski definition) is 15. The monoisotopic (exact) mass is 838 g/mol. The van der Waals surface area contributed by atoms with Gasteiger partial charge in [-0.05, 0) is 103 Å². The highest BCUT2D eigenvalue weighted by molar-refractivity contribution is 5.80. The van der Waals surface area contributed by atoms with Crippen molar-refractivity contribution in [2.24, 2.45) is 50.2 Å². The number of esters is 2. The van der Waals surface area contributed by atoms with E-state index < -0.39 is 102 Å². The molecular formula is C44H70O15. The first-order chi connectivity index (χ1) is 27.4. The maximum Gasteiger partial charge on any atom is 0.317 e. The molecule has 0 aromatic heterocycles. The lowest BCUT2D eigenvalue weighted by Crippen LogP contribution is -2.68. The number of hydrogen-bond donors (Lipinski definition) is 8. The van der Waals surface area contributed by atoms with Gasteiger partial charge in [-0.25, -0.2) is 0 Å². The normalized spacial score (nSPS) is 51.5. The van der Waals surface area contributed by atoms with Crippen molar-refractivity contribution in [3.8, 4) is 0 Å². The van der Waals surface area contributed by atoms with E-state index in [1.165, 1.54) is 6.92 Å². The molecule has 5 aliphatic carbocycles. The molecule has 19 atom stereocenters. The minimum Gasteiger partial charge on any atom is -0.463 e. The Morgan fingerprint density at radius 2 is 1.37 bits per heavy atom. The number of fused-ring (bicyclic) bond motifs is 7. The first-order valence-electron chi connectivity index (χ1n) is 21.8. The van der Waals surface area contributed by atoms with E-state index in [9.17, 15) is 50.4 Å². The molecule has 4 saturated carbocycles. The SMILES string of the molecule is CC(=O)OC[C@H]1O[C@@H](O[C@H]2CC[C@]3(C)[C@H]4CC=C5[C@@H]6CC(C)(C)CC[C@]6(C(=O)O[C@@H]6O[C@H](CO)[C@@H](O)[C@H](O)[C@H]6O)[C@@H](O)C[C@@]5(C)[C@]4(C)CC[C@H]3C2(C)C)[C@H](O)[C@@H](O)[C@@H]1O. The smallest absolute Gasteiger partial charge is 0.317 e. The first-order valence-corrected chi connectivity index (χ1v) is 21.8. The van der Waals surface area contributed by atoms with Crippen LogP contribution in [0, 0.1) is 50.2 Å². The van der Waals surface area contributed by atoms with Gasteiger partial charge in [-0.1, -0.05) is 60.1 Å². The Balaban J connectivity index is 1.16. The predicted molar refractivity (Wildman–Crippen MR) is 208 cm³/mol. The van der Waals surface area contributed by atoms with Gasteiger partial charge >= 0.3 is 11.9 Å². The van der Waals surface area contributed by atoms with Crippen LogP contribution >= 0.6 is 0 Å². The second-order valence-electron chi connectivity index (χ2n) is 21.4. The lowest BCUT2D eigenvalue weighted by atomic mass is 9.33. The van der Waals surface area contributed by atoms with Crippen molar-refractivity contribution in [2.75, 3.05) is 13.2 Å². The van der Waals surface area contributed by atoms with Gasteiger partial charge in [0.25, 0.3) is 0 Å². The van der Waals surface area contributed by atoms with Crippen molar-refractivity contribution in [3.05, 3.63) is 11.6 Å². The molecule has 2 heterocycles. The van der Waals surface area contributed by atoms with Crippen LogP contribution in [-0.2, 0) is 33.3 Å². The molecule has 2 saturated heterocycles. The zero-order valence-electron chi connectivity index (χ0n) is 36.0. The van der Waals surface area contributed by atoms with E-state index in [1.54, 1.807) is 0 Å². The molecule has 336 valence electrons. The molecule has 0 bridgehead atoms. The molecule has 2 aliphatic heterocycles. The lowest BCUT2D eigenvalue weighted by molar-refractivity contribution is -0.330. The van der Waals surface area contributed by atoms with E-state index in [4.69, 9.17) is 23.7 Å². The average Bonchev–Trinajstić information content (AvgIpc) is 3.15. The Morgan fingerprint density at radius 1 is 0.746 bits per heavy atom. The van der Waals surface area contributed by atoms with Gasteiger partial charge in [0, 0.05) is 6.92 Å². The van der Waals surface area contributed by atoms with Gasteiger partial charge in [-0.2, -0.15) is 0 Å². The summed E-state index contributed by atoms with van der Waals surface area (Å²) in [6, 6.07) is 0. The summed E-state index contributed by atoms with van der Waals surface area (Å²) in [5, 5.41) is 86.2. The molecule has 0 aromatic rings. The molecule has 0 radical (unpaired) electrons. The lowest BCUT2D eigenvalue weighted by Gasteiger charge is -2.71. The summed E-state index contributed by atoms with van der Waals surface area (Å²) >= 11 is 0. The number of carbonyl (C=O) groups excluding carboxylic acids is 2. The largest absolute Gasteiger partial charge is 0.463 e. The van der Waals surface area contributed by atoms with E-state index in [-0.39, 0.29) is 46.7 Å². The molecular weight excluding hydrogens is 768 g/mol. The summed E-state index contributed by atoms with van der Waals surface area (Å²) in [6.45, 7) is 16.0. The second-order valence-corrected chi connectivity index (χ2v) is 21.4. The van der Waals surface area contributed by atoms with Gasteiger partial charge < -0.3 is 64.5 Å². The molecule has 59 heavy (non-hydrogen) atoms. The highest BCUT2D eigenvalue weighted by Crippen LogP contribution is 2.76. The van der Waals surface area contributed by atoms with Crippen LogP contribution in [0.5, 0.6) is 0 Å². The molecule has 0 spiro atoms. The quantitative estimate of drug-likeness (QED) is 0.104. The Labute approximate surface area is 347 Å². The zero-order chi connectivity index (χ0) is 43.4. The van der Waals surface area contributed by atoms with Gasteiger partial charge in [0.1, 0.15) is 60.9 Å². The summed E-state index contributed by atoms with van der Waals surface area (Å²) in [4.78, 5) is 26.1. The minimum atomic E-state index is -1.75. The molecule has 0 unspecified atom stereocenters. The second kappa shape index (κ2) is 15.5. The topological polar surface area (TPSA) is 242 Å². The Hall–Kier alpha value is -1.76. The van der Waals surface area contributed by atoms with E-state index >= 15 is 0 Å². The Morgan fingerprint density at radius 3 is 2.02 bits per heavy atom. The number of ether oxygens (including phenoxy) is 5. The molecule has 15 heteroatoms. The van der Waals surface area contributed by atoms with Crippen molar-refractivity contribution >= 4 is 11.9 Å². The van der Waals surface area contributed by atoms with E-state index in [0.29, 0.717) is 32.1 Å². The van der Waals surface area contributed by atoms with Crippen molar-refractivity contribution in [2.45, 2.75) is 187 Å². The van der Waals surface area contributed by atoms with Gasteiger partial charge in [0.2, 0.25) is 6.29 Å². The molecule has 7 aliphatic rings. The molecule has 7 rings (SSSR count). The molecule has 15 nitrogen and oxygen atoms in total. The Kier molecular flexibility index (Phi) is 11.9. The number of aliphatic hydroxyl groups excluding tert-OH is 8. The maximum absolute atomic E-state index is 14.6. The minimum absolute atomic E-state index is 0.148. The molecule has 6 fully saturated rings. The van der Waals surface area contributed by atoms with E-state index in [0.717, 1.165) is 31.3 Å². The van der Waals surface area contributed by atoms with E-state index in [1.807, 2.05) is 0 Å². The molecule has 0 amide bonds. The van der Waals surface area contributed by atoms with Crippen LogP contribution in [0.2, 0.25) is 0 Å². The van der Waals surface area contributed by atoms with Crippen LogP contribution in [0.1, 0.15) is 113 Å². The van der Waals surface area contributed by atoms with Gasteiger partial charge in [0.15, 0.2) is 6.29 Å². The zero-order valence-corrected chi connectivity index (χ0v) is 36.0. The van der Waals surface area contributed by atoms with Crippen LogP contribution in [0.4, 0.5) is 0 Å². The first kappa shape index (κ1) is 45.3. The predicted octanol–water partition coefficient (Wildman–Crippen LogP) is 1.86. The van der Waals surface area contributed by atoms with Gasteiger partial charge in [-0.3, -0.25) is 9.59 Å². The van der Waals surface area contributed by atoms with Gasteiger partial charge in [-0.15, -0.1) is 0 Å². The number of carbonyl (C=O) groups is 2. The van der Waals surface area contributed by atoms with Crippen molar-refractivity contribution in [1.82, 2.24) is 0 Å². The van der Waals surface area contributed by atoms with Crippen LogP contribution in [-0.4, -0.2) is 140 Å². The summed E-state index contributed by atoms with van der Waals surface area (Å²) < 4.78 is 29.1. The fourth-order valence-corrected chi connectivity index (χ4v) is 13.8. The summed E-state index contributed by atoms with van der Waals surface area (Å²) in [7, 11) is 0. The number of rotatable bonds is 7. The van der Waals surface area contributed by atoms with Crippen molar-refractivity contribution < 1.29 is 74.1 Å². The Bertz CT molecular complexity index is 1630. The summed E-state index contributed by atoms with van der Waals surface area (Å²) in [5.41, 5.74) is -1.65. The number of aliphatic hydroxyl groups is 8. The third-order valence-corrected chi connectivity index (χ3v) is 17.5. The van der Waals surface area contributed by atoms with Gasteiger partial charge in [0.05, 0.1) is 18.8 Å². The fourth-order valence-electron chi connectivity index (χ4n) is 13.8. The van der Waals surface area contributed by atoms with Crippen molar-refractivity contribution in [3.63, 3.8) is 0 Å².